The zero-order chi connectivity index (χ0) is 19.0. The molecule has 1 amide bonds. The Labute approximate surface area is 159 Å². The summed E-state index contributed by atoms with van der Waals surface area (Å²) in [6, 6.07) is 5.49. The van der Waals surface area contributed by atoms with Crippen LogP contribution in [-0.2, 0) is 0 Å². The zero-order valence-electron chi connectivity index (χ0n) is 16.9. The fourth-order valence-corrected chi connectivity index (χ4v) is 2.64. The van der Waals surface area contributed by atoms with E-state index in [1.807, 2.05) is 25.1 Å². The van der Waals surface area contributed by atoms with Crippen LogP contribution in [0.15, 0.2) is 18.2 Å². The Balaban J connectivity index is 2.67. The predicted molar refractivity (Wildman–Crippen MR) is 108 cm³/mol. The highest BCUT2D eigenvalue weighted by molar-refractivity contribution is 5.94. The Morgan fingerprint density at radius 3 is 2.00 bits per heavy atom. The zero-order valence-corrected chi connectivity index (χ0v) is 16.9. The van der Waals surface area contributed by atoms with Crippen LogP contribution in [0.4, 0.5) is 0 Å². The molecule has 0 bridgehead atoms. The van der Waals surface area contributed by atoms with Gasteiger partial charge in [0.1, 0.15) is 0 Å². The highest BCUT2D eigenvalue weighted by atomic mass is 16.5. The number of rotatable bonds is 15. The van der Waals surface area contributed by atoms with E-state index >= 15 is 0 Å². The van der Waals surface area contributed by atoms with Crippen molar-refractivity contribution < 1.29 is 14.3 Å². The second-order valence-electron chi connectivity index (χ2n) is 6.74. The number of carbonyl (C=O) groups is 1. The first-order valence-electron chi connectivity index (χ1n) is 10.4. The van der Waals surface area contributed by atoms with Gasteiger partial charge in [-0.1, -0.05) is 59.3 Å². The average molecular weight is 364 g/mol. The standard InChI is InChI=1S/C22H37NO3/c1-4-7-9-11-16-25-20-14-13-19(22(24)23-15-6-3)18-21(20)26-17-12-10-8-5-2/h13-14,18H,4-12,15-17H2,1-3H3,(H,23,24). The maximum atomic E-state index is 12.2. The number of hydrogen-bond acceptors (Lipinski definition) is 3. The van der Waals surface area contributed by atoms with Crippen molar-refractivity contribution >= 4 is 5.91 Å². The number of ether oxygens (including phenoxy) is 2. The van der Waals surface area contributed by atoms with Crippen LogP contribution in [0.3, 0.4) is 0 Å². The molecule has 0 fully saturated rings. The molecule has 0 aromatic heterocycles. The van der Waals surface area contributed by atoms with Crippen LogP contribution in [-0.4, -0.2) is 25.7 Å². The molecule has 0 aliphatic heterocycles. The molecule has 0 saturated carbocycles. The molecule has 0 aliphatic carbocycles. The lowest BCUT2D eigenvalue weighted by Crippen LogP contribution is -2.24. The van der Waals surface area contributed by atoms with E-state index in [0.29, 0.717) is 31.1 Å². The van der Waals surface area contributed by atoms with Crippen LogP contribution in [0.5, 0.6) is 11.5 Å². The Morgan fingerprint density at radius 2 is 1.42 bits per heavy atom. The summed E-state index contributed by atoms with van der Waals surface area (Å²) in [6.45, 7) is 8.47. The van der Waals surface area contributed by atoms with Gasteiger partial charge in [0, 0.05) is 12.1 Å². The van der Waals surface area contributed by atoms with Gasteiger partial charge in [-0.15, -0.1) is 0 Å². The third kappa shape index (κ3) is 9.12. The smallest absolute Gasteiger partial charge is 0.251 e. The SMILES string of the molecule is CCCCCCOc1ccc(C(=O)NCCC)cc1OCCCCCC. The van der Waals surface area contributed by atoms with E-state index in [1.165, 1.54) is 38.5 Å². The molecule has 0 spiro atoms. The summed E-state index contributed by atoms with van der Waals surface area (Å²) < 4.78 is 11.9. The molecule has 1 aromatic rings. The lowest BCUT2D eigenvalue weighted by Gasteiger charge is -2.14. The first-order chi connectivity index (χ1) is 12.7. The van der Waals surface area contributed by atoms with Gasteiger partial charge >= 0.3 is 0 Å². The van der Waals surface area contributed by atoms with Gasteiger partial charge in [0.2, 0.25) is 0 Å². The van der Waals surface area contributed by atoms with Crippen molar-refractivity contribution in [3.63, 3.8) is 0 Å². The van der Waals surface area contributed by atoms with E-state index in [1.54, 1.807) is 0 Å². The Morgan fingerprint density at radius 1 is 0.808 bits per heavy atom. The van der Waals surface area contributed by atoms with Gasteiger partial charge in [-0.25, -0.2) is 0 Å². The van der Waals surface area contributed by atoms with Gasteiger partial charge in [0.05, 0.1) is 13.2 Å². The molecule has 1 aromatic carbocycles. The van der Waals surface area contributed by atoms with E-state index in [9.17, 15) is 4.79 Å². The maximum absolute atomic E-state index is 12.2. The van der Waals surface area contributed by atoms with Gasteiger partial charge in [0.15, 0.2) is 11.5 Å². The quantitative estimate of drug-likeness (QED) is 0.404. The summed E-state index contributed by atoms with van der Waals surface area (Å²) >= 11 is 0. The van der Waals surface area contributed by atoms with Crippen molar-refractivity contribution in [3.05, 3.63) is 23.8 Å². The van der Waals surface area contributed by atoms with Crippen LogP contribution in [0.2, 0.25) is 0 Å². The van der Waals surface area contributed by atoms with Crippen molar-refractivity contribution in [2.24, 2.45) is 0 Å². The van der Waals surface area contributed by atoms with Crippen molar-refractivity contribution in [1.29, 1.82) is 0 Å². The topological polar surface area (TPSA) is 47.6 Å². The maximum Gasteiger partial charge on any atom is 0.251 e. The molecule has 0 radical (unpaired) electrons. The summed E-state index contributed by atoms with van der Waals surface area (Å²) in [5.41, 5.74) is 0.625. The number of amides is 1. The second-order valence-corrected chi connectivity index (χ2v) is 6.74. The van der Waals surface area contributed by atoms with Gasteiger partial charge in [-0.05, 0) is 37.5 Å². The first kappa shape index (κ1) is 22.3. The summed E-state index contributed by atoms with van der Waals surface area (Å²) in [5.74, 6) is 1.36. The molecule has 1 rings (SSSR count). The van der Waals surface area contributed by atoms with E-state index in [-0.39, 0.29) is 5.91 Å². The van der Waals surface area contributed by atoms with Gasteiger partial charge < -0.3 is 14.8 Å². The van der Waals surface area contributed by atoms with E-state index in [4.69, 9.17) is 9.47 Å². The number of benzene rings is 1. The minimum atomic E-state index is -0.0582. The fraction of sp³-hybridized carbons (Fsp3) is 0.682. The molecular formula is C22H37NO3. The van der Waals surface area contributed by atoms with E-state index in [2.05, 4.69) is 19.2 Å². The Kier molecular flexibility index (Phi) is 12.4. The van der Waals surface area contributed by atoms with Crippen LogP contribution >= 0.6 is 0 Å². The third-order valence-electron chi connectivity index (χ3n) is 4.25. The van der Waals surface area contributed by atoms with Crippen molar-refractivity contribution in [3.8, 4) is 11.5 Å². The third-order valence-corrected chi connectivity index (χ3v) is 4.25. The molecule has 0 saturated heterocycles. The Bertz CT molecular complexity index is 502. The number of hydrogen-bond donors (Lipinski definition) is 1. The summed E-state index contributed by atoms with van der Waals surface area (Å²) in [4.78, 5) is 12.2. The van der Waals surface area contributed by atoms with Crippen molar-refractivity contribution in [1.82, 2.24) is 5.32 Å². The number of carbonyl (C=O) groups excluding carboxylic acids is 1. The van der Waals surface area contributed by atoms with Crippen LogP contribution in [0.25, 0.3) is 0 Å². The second kappa shape index (κ2) is 14.5. The summed E-state index contributed by atoms with van der Waals surface area (Å²) in [6.07, 6.45) is 10.2. The molecule has 4 nitrogen and oxygen atoms in total. The molecule has 0 unspecified atom stereocenters. The largest absolute Gasteiger partial charge is 0.490 e. The number of nitrogens with one attached hydrogen (secondary N) is 1. The minimum absolute atomic E-state index is 0.0582. The van der Waals surface area contributed by atoms with Crippen LogP contribution in [0.1, 0.15) is 88.9 Å². The lowest BCUT2D eigenvalue weighted by atomic mass is 10.1. The number of unbranched alkanes of at least 4 members (excludes halogenated alkanes) is 6. The molecule has 0 atom stereocenters. The van der Waals surface area contributed by atoms with E-state index in [0.717, 1.165) is 25.0 Å². The van der Waals surface area contributed by atoms with Crippen LogP contribution in [0, 0.1) is 0 Å². The van der Waals surface area contributed by atoms with Gasteiger partial charge in [0.25, 0.3) is 5.91 Å². The fourth-order valence-electron chi connectivity index (χ4n) is 2.64. The predicted octanol–water partition coefficient (Wildman–Crippen LogP) is 5.74. The molecule has 4 heteroatoms. The summed E-state index contributed by atoms with van der Waals surface area (Å²) in [5, 5.41) is 2.91. The molecule has 1 N–H and O–H groups in total. The molecule has 148 valence electrons. The first-order valence-corrected chi connectivity index (χ1v) is 10.4. The minimum Gasteiger partial charge on any atom is -0.490 e. The van der Waals surface area contributed by atoms with Gasteiger partial charge in [-0.2, -0.15) is 0 Å². The average Bonchev–Trinajstić information content (AvgIpc) is 2.66. The normalized spacial score (nSPS) is 10.6. The highest BCUT2D eigenvalue weighted by Gasteiger charge is 2.11. The molecule has 0 aliphatic rings. The summed E-state index contributed by atoms with van der Waals surface area (Å²) in [7, 11) is 0. The highest BCUT2D eigenvalue weighted by Crippen LogP contribution is 2.29. The van der Waals surface area contributed by atoms with Gasteiger partial charge in [-0.3, -0.25) is 4.79 Å². The van der Waals surface area contributed by atoms with E-state index < -0.39 is 0 Å². The van der Waals surface area contributed by atoms with Crippen molar-refractivity contribution in [2.75, 3.05) is 19.8 Å². The molecule has 26 heavy (non-hydrogen) atoms. The monoisotopic (exact) mass is 363 g/mol. The van der Waals surface area contributed by atoms with Crippen molar-refractivity contribution in [2.45, 2.75) is 78.6 Å². The Hall–Kier alpha value is -1.71. The van der Waals surface area contributed by atoms with Crippen LogP contribution < -0.4 is 14.8 Å². The molecule has 0 heterocycles. The lowest BCUT2D eigenvalue weighted by molar-refractivity contribution is 0.0953. The molecular weight excluding hydrogens is 326 g/mol.